The SMILES string of the molecule is COCCCOc1cc2n(n1)CC(C(C)(C)C)n1cc(C(=O)O)c(=O)cc1-2. The number of aromatic carboxylic acids is 1. The maximum absolute atomic E-state index is 12.3. The molecule has 8 nitrogen and oxygen atoms in total. The zero-order valence-electron chi connectivity index (χ0n) is 16.1. The first-order valence-electron chi connectivity index (χ1n) is 8.92. The van der Waals surface area contributed by atoms with Crippen molar-refractivity contribution in [3.05, 3.63) is 34.1 Å². The van der Waals surface area contributed by atoms with Gasteiger partial charge in [-0.25, -0.2) is 4.79 Å². The minimum Gasteiger partial charge on any atom is -0.477 e. The first-order valence-corrected chi connectivity index (χ1v) is 8.92. The van der Waals surface area contributed by atoms with Crippen LogP contribution >= 0.6 is 0 Å². The van der Waals surface area contributed by atoms with E-state index in [4.69, 9.17) is 9.47 Å². The number of pyridine rings is 1. The number of nitrogens with zero attached hydrogens (tertiary/aromatic N) is 3. The number of rotatable bonds is 6. The van der Waals surface area contributed by atoms with Gasteiger partial charge in [-0.2, -0.15) is 0 Å². The van der Waals surface area contributed by atoms with Gasteiger partial charge in [0.05, 0.1) is 30.6 Å². The van der Waals surface area contributed by atoms with Crippen molar-refractivity contribution in [1.29, 1.82) is 0 Å². The lowest BCUT2D eigenvalue weighted by atomic mass is 9.85. The fourth-order valence-electron chi connectivity index (χ4n) is 3.31. The van der Waals surface area contributed by atoms with Crippen molar-refractivity contribution >= 4 is 5.97 Å². The van der Waals surface area contributed by atoms with Gasteiger partial charge in [0.1, 0.15) is 5.56 Å². The molecule has 0 aromatic carbocycles. The zero-order chi connectivity index (χ0) is 19.8. The van der Waals surface area contributed by atoms with Gasteiger partial charge in [-0.05, 0) is 5.41 Å². The molecule has 1 atom stereocenters. The van der Waals surface area contributed by atoms with Crippen molar-refractivity contribution < 1.29 is 19.4 Å². The van der Waals surface area contributed by atoms with E-state index in [1.54, 1.807) is 13.2 Å². The molecule has 0 amide bonds. The molecule has 0 saturated carbocycles. The molecular weight excluding hydrogens is 350 g/mol. The fraction of sp³-hybridized carbons (Fsp3) is 0.526. The Kier molecular flexibility index (Phi) is 5.10. The third-order valence-corrected chi connectivity index (χ3v) is 4.75. The summed E-state index contributed by atoms with van der Waals surface area (Å²) in [6, 6.07) is 3.11. The molecule has 1 aliphatic rings. The van der Waals surface area contributed by atoms with Crippen LogP contribution in [-0.2, 0) is 11.3 Å². The van der Waals surface area contributed by atoms with Gasteiger partial charge < -0.3 is 19.1 Å². The Bertz CT molecular complexity index is 907. The molecule has 2 aromatic heterocycles. The largest absolute Gasteiger partial charge is 0.477 e. The second-order valence-electron chi connectivity index (χ2n) is 7.78. The second kappa shape index (κ2) is 7.19. The summed E-state index contributed by atoms with van der Waals surface area (Å²) in [5.74, 6) is -0.735. The van der Waals surface area contributed by atoms with Crippen molar-refractivity contribution in [2.24, 2.45) is 5.41 Å². The summed E-state index contributed by atoms with van der Waals surface area (Å²) < 4.78 is 14.4. The topological polar surface area (TPSA) is 95.6 Å². The highest BCUT2D eigenvalue weighted by Crippen LogP contribution is 2.40. The lowest BCUT2D eigenvalue weighted by Gasteiger charge is -2.38. The molecule has 3 rings (SSSR count). The molecule has 8 heteroatoms. The molecule has 1 unspecified atom stereocenters. The van der Waals surface area contributed by atoms with Crippen molar-refractivity contribution in [3.63, 3.8) is 0 Å². The van der Waals surface area contributed by atoms with E-state index in [9.17, 15) is 14.7 Å². The predicted octanol–water partition coefficient (Wildman–Crippen LogP) is 2.43. The number of hydrogen-bond acceptors (Lipinski definition) is 5. The van der Waals surface area contributed by atoms with E-state index in [0.29, 0.717) is 31.3 Å². The number of ether oxygens (including phenoxy) is 2. The molecule has 0 fully saturated rings. The maximum Gasteiger partial charge on any atom is 0.341 e. The van der Waals surface area contributed by atoms with Crippen LogP contribution in [0, 0.1) is 5.41 Å². The van der Waals surface area contributed by atoms with Crippen LogP contribution in [0.15, 0.2) is 23.1 Å². The molecule has 2 aromatic rings. The van der Waals surface area contributed by atoms with E-state index in [1.165, 1.54) is 12.3 Å². The average Bonchev–Trinajstić information content (AvgIpc) is 2.99. The average molecular weight is 375 g/mol. The lowest BCUT2D eigenvalue weighted by Crippen LogP contribution is -2.35. The number of carboxylic acids is 1. The number of fused-ring (bicyclic) bond motifs is 3. The molecule has 27 heavy (non-hydrogen) atoms. The van der Waals surface area contributed by atoms with Gasteiger partial charge in [0.25, 0.3) is 0 Å². The maximum atomic E-state index is 12.3. The Morgan fingerprint density at radius 3 is 2.67 bits per heavy atom. The number of carboxylic acid groups (broad SMARTS) is 1. The molecule has 146 valence electrons. The van der Waals surface area contributed by atoms with E-state index in [2.05, 4.69) is 25.9 Å². The summed E-state index contributed by atoms with van der Waals surface area (Å²) in [7, 11) is 1.64. The van der Waals surface area contributed by atoms with E-state index < -0.39 is 11.4 Å². The summed E-state index contributed by atoms with van der Waals surface area (Å²) in [6.07, 6.45) is 2.20. The highest BCUT2D eigenvalue weighted by atomic mass is 16.5. The number of methoxy groups -OCH3 is 1. The number of aromatic nitrogens is 3. The van der Waals surface area contributed by atoms with E-state index in [-0.39, 0.29) is 17.0 Å². The predicted molar refractivity (Wildman–Crippen MR) is 99.4 cm³/mol. The Hall–Kier alpha value is -2.61. The molecule has 0 aliphatic carbocycles. The van der Waals surface area contributed by atoms with E-state index in [0.717, 1.165) is 12.1 Å². The van der Waals surface area contributed by atoms with Crippen LogP contribution in [0.4, 0.5) is 0 Å². The van der Waals surface area contributed by atoms with E-state index >= 15 is 0 Å². The Morgan fingerprint density at radius 1 is 1.30 bits per heavy atom. The van der Waals surface area contributed by atoms with Crippen LogP contribution in [-0.4, -0.2) is 45.7 Å². The summed E-state index contributed by atoms with van der Waals surface area (Å²) >= 11 is 0. The monoisotopic (exact) mass is 375 g/mol. The van der Waals surface area contributed by atoms with Crippen LogP contribution in [0.1, 0.15) is 43.6 Å². The van der Waals surface area contributed by atoms with Crippen molar-refractivity contribution in [2.75, 3.05) is 20.3 Å². The Morgan fingerprint density at radius 2 is 2.04 bits per heavy atom. The Labute approximate surface area is 157 Å². The second-order valence-corrected chi connectivity index (χ2v) is 7.78. The first kappa shape index (κ1) is 19.2. The van der Waals surface area contributed by atoms with Gasteiger partial charge in [0, 0.05) is 38.5 Å². The zero-order valence-corrected chi connectivity index (χ0v) is 16.1. The minimum atomic E-state index is -1.22. The summed E-state index contributed by atoms with van der Waals surface area (Å²) in [6.45, 7) is 7.90. The van der Waals surface area contributed by atoms with Crippen LogP contribution < -0.4 is 10.2 Å². The van der Waals surface area contributed by atoms with Crippen molar-refractivity contribution in [2.45, 2.75) is 39.8 Å². The van der Waals surface area contributed by atoms with Crippen LogP contribution in [0.3, 0.4) is 0 Å². The summed E-state index contributed by atoms with van der Waals surface area (Å²) in [5, 5.41) is 13.9. The van der Waals surface area contributed by atoms with Gasteiger partial charge in [-0.15, -0.1) is 5.10 Å². The van der Waals surface area contributed by atoms with Crippen molar-refractivity contribution in [3.8, 4) is 17.3 Å². The van der Waals surface area contributed by atoms with Gasteiger partial charge in [0.15, 0.2) is 5.43 Å². The third-order valence-electron chi connectivity index (χ3n) is 4.75. The minimum absolute atomic E-state index is 0.0556. The van der Waals surface area contributed by atoms with Crippen LogP contribution in [0.5, 0.6) is 5.88 Å². The third kappa shape index (κ3) is 3.75. The van der Waals surface area contributed by atoms with Crippen molar-refractivity contribution in [1.82, 2.24) is 14.3 Å². The van der Waals surface area contributed by atoms with Gasteiger partial charge >= 0.3 is 5.97 Å². The number of carbonyl (C=O) groups is 1. The molecule has 0 bridgehead atoms. The highest BCUT2D eigenvalue weighted by molar-refractivity contribution is 5.87. The summed E-state index contributed by atoms with van der Waals surface area (Å²) in [4.78, 5) is 23.7. The first-order chi connectivity index (χ1) is 12.7. The smallest absolute Gasteiger partial charge is 0.341 e. The number of hydrogen-bond donors (Lipinski definition) is 1. The normalized spacial score (nSPS) is 15.9. The van der Waals surface area contributed by atoms with Gasteiger partial charge in [0.2, 0.25) is 5.88 Å². The highest BCUT2D eigenvalue weighted by Gasteiger charge is 2.34. The van der Waals surface area contributed by atoms with Gasteiger partial charge in [-0.1, -0.05) is 20.8 Å². The lowest BCUT2D eigenvalue weighted by molar-refractivity contribution is 0.0693. The Balaban J connectivity index is 2.04. The summed E-state index contributed by atoms with van der Waals surface area (Å²) in [5.41, 5.74) is 0.486. The quantitative estimate of drug-likeness (QED) is 0.779. The fourth-order valence-corrected chi connectivity index (χ4v) is 3.31. The van der Waals surface area contributed by atoms with Crippen LogP contribution in [0.25, 0.3) is 11.4 Å². The molecule has 0 saturated heterocycles. The molecule has 3 heterocycles. The molecule has 0 spiro atoms. The standard InChI is InChI=1S/C19H25N3O5/c1-19(2,3)16-11-22-14(9-17(20-22)27-7-5-6-26-4)13-8-15(23)12(18(24)25)10-21(13)16/h8-10,16H,5-7,11H2,1-4H3,(H,24,25). The molecule has 0 radical (unpaired) electrons. The molecule has 1 N–H and O–H groups in total. The van der Waals surface area contributed by atoms with Crippen LogP contribution in [0.2, 0.25) is 0 Å². The van der Waals surface area contributed by atoms with E-state index in [1.807, 2.05) is 9.25 Å². The molecular formula is C19H25N3O5. The van der Waals surface area contributed by atoms with Gasteiger partial charge in [-0.3, -0.25) is 9.48 Å². The molecule has 1 aliphatic heterocycles.